The van der Waals surface area contributed by atoms with Gasteiger partial charge in [-0.25, -0.2) is 0 Å². The van der Waals surface area contributed by atoms with Crippen LogP contribution >= 0.6 is 0 Å². The van der Waals surface area contributed by atoms with Gasteiger partial charge in [0.2, 0.25) is 5.91 Å². The van der Waals surface area contributed by atoms with Crippen LogP contribution in [0.3, 0.4) is 0 Å². The molecule has 0 saturated carbocycles. The lowest BCUT2D eigenvalue weighted by Crippen LogP contribution is -2.26. The Morgan fingerprint density at radius 3 is 2.43 bits per heavy atom. The zero-order chi connectivity index (χ0) is 10.8. The van der Waals surface area contributed by atoms with Crippen LogP contribution in [0.25, 0.3) is 0 Å². The molecule has 0 spiro atoms. The summed E-state index contributed by atoms with van der Waals surface area (Å²) in [5, 5.41) is 2.92. The molecular formula is C11H24N2O. The molecule has 14 heavy (non-hydrogen) atoms. The summed E-state index contributed by atoms with van der Waals surface area (Å²) in [6, 6.07) is 0. The van der Waals surface area contributed by atoms with Crippen molar-refractivity contribution in [1.29, 1.82) is 0 Å². The van der Waals surface area contributed by atoms with E-state index in [4.69, 9.17) is 5.73 Å². The van der Waals surface area contributed by atoms with Gasteiger partial charge in [0.1, 0.15) is 0 Å². The molecule has 3 N–H and O–H groups in total. The zero-order valence-electron chi connectivity index (χ0n) is 9.51. The third-order valence-electron chi connectivity index (χ3n) is 2.58. The van der Waals surface area contributed by atoms with Crippen molar-refractivity contribution < 1.29 is 4.79 Å². The highest BCUT2D eigenvalue weighted by atomic mass is 16.1. The van der Waals surface area contributed by atoms with Gasteiger partial charge in [-0.1, -0.05) is 26.7 Å². The first-order chi connectivity index (χ1) is 6.74. The Hall–Kier alpha value is -0.570. The zero-order valence-corrected chi connectivity index (χ0v) is 9.51. The van der Waals surface area contributed by atoms with Crippen molar-refractivity contribution >= 4 is 5.91 Å². The number of nitrogens with two attached hydrogens (primary N) is 1. The van der Waals surface area contributed by atoms with Crippen molar-refractivity contribution in [2.24, 2.45) is 11.7 Å². The minimum atomic E-state index is 0.190. The summed E-state index contributed by atoms with van der Waals surface area (Å²) >= 11 is 0. The second-order valence-corrected chi connectivity index (χ2v) is 3.73. The summed E-state index contributed by atoms with van der Waals surface area (Å²) in [6.07, 6.45) is 4.84. The van der Waals surface area contributed by atoms with Crippen LogP contribution in [0.1, 0.15) is 46.0 Å². The smallest absolute Gasteiger partial charge is 0.220 e. The van der Waals surface area contributed by atoms with E-state index < -0.39 is 0 Å². The van der Waals surface area contributed by atoms with Crippen molar-refractivity contribution in [2.75, 3.05) is 13.1 Å². The standard InChI is InChI=1S/C11H24N2O/c1-3-10(4-2)9-11(14)13-8-6-5-7-12/h10H,3-9,12H2,1-2H3,(H,13,14). The van der Waals surface area contributed by atoms with Gasteiger partial charge in [-0.2, -0.15) is 0 Å². The maximum atomic E-state index is 11.4. The van der Waals surface area contributed by atoms with Gasteiger partial charge in [-0.15, -0.1) is 0 Å². The first kappa shape index (κ1) is 13.4. The van der Waals surface area contributed by atoms with E-state index in [2.05, 4.69) is 19.2 Å². The van der Waals surface area contributed by atoms with Crippen molar-refractivity contribution in [2.45, 2.75) is 46.0 Å². The molecule has 0 atom stereocenters. The quantitative estimate of drug-likeness (QED) is 0.586. The molecule has 3 nitrogen and oxygen atoms in total. The summed E-state index contributed by atoms with van der Waals surface area (Å²) < 4.78 is 0. The number of nitrogens with one attached hydrogen (secondary N) is 1. The number of rotatable bonds is 8. The van der Waals surface area contributed by atoms with Crippen LogP contribution in [0.5, 0.6) is 0 Å². The Balaban J connectivity index is 3.44. The van der Waals surface area contributed by atoms with Crippen LogP contribution in [0.4, 0.5) is 0 Å². The first-order valence-electron chi connectivity index (χ1n) is 5.71. The minimum absolute atomic E-state index is 0.190. The van der Waals surface area contributed by atoms with E-state index in [1.165, 1.54) is 0 Å². The van der Waals surface area contributed by atoms with Crippen molar-refractivity contribution in [3.05, 3.63) is 0 Å². The van der Waals surface area contributed by atoms with Crippen LogP contribution in [0.2, 0.25) is 0 Å². The molecule has 0 aromatic heterocycles. The molecule has 0 bridgehead atoms. The fraction of sp³-hybridized carbons (Fsp3) is 0.909. The van der Waals surface area contributed by atoms with Crippen LogP contribution in [0, 0.1) is 5.92 Å². The summed E-state index contributed by atoms with van der Waals surface area (Å²) in [6.45, 7) is 5.75. The van der Waals surface area contributed by atoms with E-state index in [0.29, 0.717) is 18.9 Å². The second kappa shape index (κ2) is 9.00. The highest BCUT2D eigenvalue weighted by Gasteiger charge is 2.08. The summed E-state index contributed by atoms with van der Waals surface area (Å²) in [5.74, 6) is 0.736. The van der Waals surface area contributed by atoms with Crippen LogP contribution in [0.15, 0.2) is 0 Å². The van der Waals surface area contributed by atoms with Gasteiger partial charge in [-0.05, 0) is 25.3 Å². The fourth-order valence-electron chi connectivity index (χ4n) is 1.41. The Morgan fingerprint density at radius 1 is 1.29 bits per heavy atom. The van der Waals surface area contributed by atoms with Crippen LogP contribution < -0.4 is 11.1 Å². The lowest BCUT2D eigenvalue weighted by atomic mass is 9.99. The van der Waals surface area contributed by atoms with E-state index in [-0.39, 0.29) is 5.91 Å². The SMILES string of the molecule is CCC(CC)CC(=O)NCCCCN. The molecule has 0 heterocycles. The summed E-state index contributed by atoms with van der Waals surface area (Å²) in [4.78, 5) is 11.4. The Labute approximate surface area is 87.4 Å². The number of unbranched alkanes of at least 4 members (excludes halogenated alkanes) is 1. The molecule has 0 rings (SSSR count). The molecule has 0 aromatic rings. The van der Waals surface area contributed by atoms with Crippen molar-refractivity contribution in [3.8, 4) is 0 Å². The molecule has 0 aromatic carbocycles. The number of hydrogen-bond donors (Lipinski definition) is 2. The minimum Gasteiger partial charge on any atom is -0.356 e. The lowest BCUT2D eigenvalue weighted by molar-refractivity contribution is -0.122. The lowest BCUT2D eigenvalue weighted by Gasteiger charge is -2.11. The molecule has 0 aliphatic rings. The Kier molecular flexibility index (Phi) is 8.64. The highest BCUT2D eigenvalue weighted by Crippen LogP contribution is 2.11. The number of hydrogen-bond acceptors (Lipinski definition) is 2. The molecule has 0 saturated heterocycles. The normalized spacial score (nSPS) is 10.6. The highest BCUT2D eigenvalue weighted by molar-refractivity contribution is 5.76. The molecule has 84 valence electrons. The molecule has 0 fully saturated rings. The maximum Gasteiger partial charge on any atom is 0.220 e. The molecular weight excluding hydrogens is 176 g/mol. The molecule has 0 aliphatic carbocycles. The topological polar surface area (TPSA) is 55.1 Å². The van der Waals surface area contributed by atoms with Crippen molar-refractivity contribution in [3.63, 3.8) is 0 Å². The Morgan fingerprint density at radius 2 is 1.93 bits per heavy atom. The van der Waals surface area contributed by atoms with E-state index in [9.17, 15) is 4.79 Å². The van der Waals surface area contributed by atoms with Crippen LogP contribution in [-0.2, 0) is 4.79 Å². The van der Waals surface area contributed by atoms with Gasteiger partial charge in [0.05, 0.1) is 0 Å². The fourth-order valence-corrected chi connectivity index (χ4v) is 1.41. The summed E-state index contributed by atoms with van der Waals surface area (Å²) in [7, 11) is 0. The van der Waals surface area contributed by atoms with E-state index in [1.807, 2.05) is 0 Å². The second-order valence-electron chi connectivity index (χ2n) is 3.73. The molecule has 0 unspecified atom stereocenters. The van der Waals surface area contributed by atoms with Crippen molar-refractivity contribution in [1.82, 2.24) is 5.32 Å². The number of carbonyl (C=O) groups excluding carboxylic acids is 1. The average molecular weight is 200 g/mol. The average Bonchev–Trinajstić information content (AvgIpc) is 2.21. The number of carbonyl (C=O) groups is 1. The maximum absolute atomic E-state index is 11.4. The van der Waals surface area contributed by atoms with Gasteiger partial charge in [-0.3, -0.25) is 4.79 Å². The van der Waals surface area contributed by atoms with E-state index in [0.717, 1.165) is 32.2 Å². The van der Waals surface area contributed by atoms with Gasteiger partial charge >= 0.3 is 0 Å². The molecule has 3 heteroatoms. The third-order valence-corrected chi connectivity index (χ3v) is 2.58. The first-order valence-corrected chi connectivity index (χ1v) is 5.71. The van der Waals surface area contributed by atoms with E-state index >= 15 is 0 Å². The number of amides is 1. The largest absolute Gasteiger partial charge is 0.356 e. The van der Waals surface area contributed by atoms with Gasteiger partial charge < -0.3 is 11.1 Å². The molecule has 0 aliphatic heterocycles. The third kappa shape index (κ3) is 6.89. The van der Waals surface area contributed by atoms with Gasteiger partial charge in [0.15, 0.2) is 0 Å². The van der Waals surface area contributed by atoms with Crippen LogP contribution in [-0.4, -0.2) is 19.0 Å². The summed E-state index contributed by atoms with van der Waals surface area (Å²) in [5.41, 5.74) is 5.36. The molecule has 1 amide bonds. The predicted octanol–water partition coefficient (Wildman–Crippen LogP) is 1.67. The van der Waals surface area contributed by atoms with Gasteiger partial charge in [0, 0.05) is 13.0 Å². The molecule has 0 radical (unpaired) electrons. The van der Waals surface area contributed by atoms with Gasteiger partial charge in [0.25, 0.3) is 0 Å². The van der Waals surface area contributed by atoms with E-state index in [1.54, 1.807) is 0 Å². The predicted molar refractivity (Wildman–Crippen MR) is 60.0 cm³/mol. The monoisotopic (exact) mass is 200 g/mol. The Bertz CT molecular complexity index is 144.